The van der Waals surface area contributed by atoms with Crippen molar-refractivity contribution in [2.24, 2.45) is 0 Å². The standard InChI is InChI=1S/C19H22N2O4/c22-16-6-3-11-25-19(16)7-9-21(10-8-19)18(24)14-12-17(23)20-15-5-2-1-4-13(14)15/h1-2,4-5,12,16,22H,3,6-11H2,(H,20,23)/t16-/m0/s1. The molecule has 3 heterocycles. The molecule has 0 radical (unpaired) electrons. The largest absolute Gasteiger partial charge is 0.390 e. The van der Waals surface area contributed by atoms with Gasteiger partial charge in [-0.2, -0.15) is 0 Å². The molecule has 4 rings (SSSR count). The lowest BCUT2D eigenvalue weighted by Crippen LogP contribution is -2.56. The average Bonchev–Trinajstić information content (AvgIpc) is 2.63. The van der Waals surface area contributed by atoms with Gasteiger partial charge in [-0.1, -0.05) is 18.2 Å². The minimum atomic E-state index is -0.509. The number of likely N-dealkylation sites (tertiary alicyclic amines) is 1. The van der Waals surface area contributed by atoms with E-state index in [1.165, 1.54) is 6.07 Å². The maximum Gasteiger partial charge on any atom is 0.254 e. The Bertz CT molecular complexity index is 852. The van der Waals surface area contributed by atoms with Gasteiger partial charge in [0.1, 0.15) is 0 Å². The zero-order chi connectivity index (χ0) is 17.4. The van der Waals surface area contributed by atoms with Crippen LogP contribution < -0.4 is 5.56 Å². The van der Waals surface area contributed by atoms with Crippen molar-refractivity contribution in [3.63, 3.8) is 0 Å². The number of aromatic nitrogens is 1. The molecule has 0 bridgehead atoms. The molecule has 2 aliphatic heterocycles. The molecular weight excluding hydrogens is 320 g/mol. The summed E-state index contributed by atoms with van der Waals surface area (Å²) in [4.78, 5) is 29.4. The molecule has 6 heteroatoms. The molecule has 0 saturated carbocycles. The molecular formula is C19H22N2O4. The van der Waals surface area contributed by atoms with E-state index in [4.69, 9.17) is 4.74 Å². The van der Waals surface area contributed by atoms with Crippen LogP contribution >= 0.6 is 0 Å². The molecule has 1 aromatic heterocycles. The van der Waals surface area contributed by atoms with Gasteiger partial charge in [-0.05, 0) is 31.7 Å². The smallest absolute Gasteiger partial charge is 0.254 e. The second-order valence-electron chi connectivity index (χ2n) is 6.96. The van der Waals surface area contributed by atoms with Crippen molar-refractivity contribution in [3.8, 4) is 0 Å². The number of pyridine rings is 1. The first-order valence-corrected chi connectivity index (χ1v) is 8.82. The lowest BCUT2D eigenvalue weighted by Gasteiger charge is -2.46. The molecule has 0 aliphatic carbocycles. The van der Waals surface area contributed by atoms with Crippen molar-refractivity contribution in [1.82, 2.24) is 9.88 Å². The Morgan fingerprint density at radius 1 is 1.28 bits per heavy atom. The van der Waals surface area contributed by atoms with Crippen LogP contribution in [0.3, 0.4) is 0 Å². The third-order valence-corrected chi connectivity index (χ3v) is 5.50. The first-order chi connectivity index (χ1) is 12.1. The van der Waals surface area contributed by atoms with E-state index in [0.717, 1.165) is 18.2 Å². The molecule has 0 unspecified atom stereocenters. The predicted octanol–water partition coefficient (Wildman–Crippen LogP) is 1.67. The minimum absolute atomic E-state index is 0.137. The number of benzene rings is 1. The number of amides is 1. The molecule has 6 nitrogen and oxygen atoms in total. The van der Waals surface area contributed by atoms with Gasteiger partial charge in [0.2, 0.25) is 5.56 Å². The molecule has 1 amide bonds. The third-order valence-electron chi connectivity index (χ3n) is 5.50. The summed E-state index contributed by atoms with van der Waals surface area (Å²) < 4.78 is 5.90. The van der Waals surface area contributed by atoms with Crippen LogP contribution in [0.2, 0.25) is 0 Å². The molecule has 1 aromatic carbocycles. The van der Waals surface area contributed by atoms with Crippen LogP contribution in [0.5, 0.6) is 0 Å². The molecule has 132 valence electrons. The summed E-state index contributed by atoms with van der Waals surface area (Å²) in [6.45, 7) is 1.72. The van der Waals surface area contributed by atoms with Crippen LogP contribution in [0.15, 0.2) is 35.1 Å². The predicted molar refractivity (Wildman–Crippen MR) is 93.6 cm³/mol. The van der Waals surface area contributed by atoms with Crippen molar-refractivity contribution in [1.29, 1.82) is 0 Å². The number of rotatable bonds is 1. The summed E-state index contributed by atoms with van der Waals surface area (Å²) in [6, 6.07) is 8.71. The first-order valence-electron chi connectivity index (χ1n) is 8.82. The first kappa shape index (κ1) is 16.3. The number of aliphatic hydroxyl groups is 1. The van der Waals surface area contributed by atoms with E-state index in [0.29, 0.717) is 43.6 Å². The van der Waals surface area contributed by atoms with E-state index in [2.05, 4.69) is 4.98 Å². The van der Waals surface area contributed by atoms with Gasteiger partial charge in [0, 0.05) is 36.7 Å². The molecule has 25 heavy (non-hydrogen) atoms. The number of aliphatic hydroxyl groups excluding tert-OH is 1. The van der Waals surface area contributed by atoms with Crippen LogP contribution in [-0.2, 0) is 4.74 Å². The number of fused-ring (bicyclic) bond motifs is 1. The number of nitrogens with one attached hydrogen (secondary N) is 1. The monoisotopic (exact) mass is 342 g/mol. The Balaban J connectivity index is 1.58. The van der Waals surface area contributed by atoms with Gasteiger partial charge >= 0.3 is 0 Å². The van der Waals surface area contributed by atoms with Crippen LogP contribution in [0.25, 0.3) is 10.9 Å². The maximum absolute atomic E-state index is 13.0. The van der Waals surface area contributed by atoms with Crippen molar-refractivity contribution in [3.05, 3.63) is 46.2 Å². The molecule has 1 atom stereocenters. The summed E-state index contributed by atoms with van der Waals surface area (Å²) in [7, 11) is 0. The molecule has 2 saturated heterocycles. The number of hydrogen-bond donors (Lipinski definition) is 2. The summed E-state index contributed by atoms with van der Waals surface area (Å²) in [6.07, 6.45) is 2.43. The SMILES string of the molecule is O=C(c1cc(=O)[nH]c2ccccc12)N1CCC2(CC1)OCCC[C@@H]2O. The second-order valence-corrected chi connectivity index (χ2v) is 6.96. The number of para-hydroxylation sites is 1. The fourth-order valence-electron chi connectivity index (χ4n) is 4.03. The number of hydrogen-bond acceptors (Lipinski definition) is 4. The van der Waals surface area contributed by atoms with Gasteiger partial charge < -0.3 is 19.7 Å². The highest BCUT2D eigenvalue weighted by molar-refractivity contribution is 6.05. The van der Waals surface area contributed by atoms with E-state index in [1.807, 2.05) is 18.2 Å². The summed E-state index contributed by atoms with van der Waals surface area (Å²) in [5, 5.41) is 11.1. The number of carbonyl (C=O) groups excluding carboxylic acids is 1. The van der Waals surface area contributed by atoms with E-state index >= 15 is 0 Å². The highest BCUT2D eigenvalue weighted by Gasteiger charge is 2.44. The highest BCUT2D eigenvalue weighted by atomic mass is 16.5. The Morgan fingerprint density at radius 2 is 2.04 bits per heavy atom. The van der Waals surface area contributed by atoms with E-state index in [9.17, 15) is 14.7 Å². The van der Waals surface area contributed by atoms with Crippen LogP contribution in [0.1, 0.15) is 36.0 Å². The normalized spacial score (nSPS) is 23.1. The van der Waals surface area contributed by atoms with Gasteiger partial charge in [-0.15, -0.1) is 0 Å². The maximum atomic E-state index is 13.0. The van der Waals surface area contributed by atoms with Crippen LogP contribution in [0.4, 0.5) is 0 Å². The Kier molecular flexibility index (Phi) is 4.09. The fraction of sp³-hybridized carbons (Fsp3) is 0.474. The zero-order valence-electron chi connectivity index (χ0n) is 14.0. The zero-order valence-corrected chi connectivity index (χ0v) is 14.0. The van der Waals surface area contributed by atoms with Crippen LogP contribution in [0, 0.1) is 0 Å². The topological polar surface area (TPSA) is 82.6 Å². The molecule has 2 aromatic rings. The number of nitrogens with zero attached hydrogens (tertiary/aromatic N) is 1. The molecule has 2 aliphatic rings. The van der Waals surface area contributed by atoms with Crippen LogP contribution in [-0.4, -0.2) is 52.3 Å². The summed E-state index contributed by atoms with van der Waals surface area (Å²) in [5.74, 6) is -0.137. The Labute approximate surface area is 145 Å². The molecule has 2 fully saturated rings. The second kappa shape index (κ2) is 6.28. The van der Waals surface area contributed by atoms with E-state index < -0.39 is 11.7 Å². The molecule has 2 N–H and O–H groups in total. The lowest BCUT2D eigenvalue weighted by molar-refractivity contribution is -0.174. The molecule has 1 spiro atoms. The van der Waals surface area contributed by atoms with Gasteiger partial charge in [0.05, 0.1) is 17.3 Å². The number of aromatic amines is 1. The number of ether oxygens (including phenoxy) is 1. The van der Waals surface area contributed by atoms with Crippen molar-refractivity contribution in [2.75, 3.05) is 19.7 Å². The average molecular weight is 342 g/mol. The fourth-order valence-corrected chi connectivity index (χ4v) is 4.03. The summed E-state index contributed by atoms with van der Waals surface area (Å²) >= 11 is 0. The number of carbonyl (C=O) groups is 1. The Hall–Kier alpha value is -2.18. The number of H-pyrrole nitrogens is 1. The van der Waals surface area contributed by atoms with E-state index in [1.54, 1.807) is 11.0 Å². The minimum Gasteiger partial charge on any atom is -0.390 e. The van der Waals surface area contributed by atoms with Crippen molar-refractivity contribution in [2.45, 2.75) is 37.4 Å². The lowest BCUT2D eigenvalue weighted by atomic mass is 9.82. The van der Waals surface area contributed by atoms with Gasteiger partial charge in [0.15, 0.2) is 0 Å². The quantitative estimate of drug-likeness (QED) is 0.826. The number of piperidine rings is 1. The van der Waals surface area contributed by atoms with Crippen molar-refractivity contribution < 1.29 is 14.6 Å². The van der Waals surface area contributed by atoms with E-state index in [-0.39, 0.29) is 11.5 Å². The highest BCUT2D eigenvalue weighted by Crippen LogP contribution is 2.35. The van der Waals surface area contributed by atoms with Crippen molar-refractivity contribution >= 4 is 16.8 Å². The van der Waals surface area contributed by atoms with Gasteiger partial charge in [-0.3, -0.25) is 9.59 Å². The third kappa shape index (κ3) is 2.85. The summed E-state index contributed by atoms with van der Waals surface area (Å²) in [5.41, 5.74) is 0.311. The Morgan fingerprint density at radius 3 is 2.80 bits per heavy atom. The van der Waals surface area contributed by atoms with Gasteiger partial charge in [-0.25, -0.2) is 0 Å². The van der Waals surface area contributed by atoms with Gasteiger partial charge in [0.25, 0.3) is 5.91 Å².